The molecular formula is C29H36F2N2O6. The summed E-state index contributed by atoms with van der Waals surface area (Å²) in [4.78, 5) is 38.4. The Hall–Kier alpha value is -2.91. The molecule has 0 heterocycles. The van der Waals surface area contributed by atoms with Crippen LogP contribution in [0.4, 0.5) is 8.78 Å². The van der Waals surface area contributed by atoms with Gasteiger partial charge >= 0.3 is 5.97 Å². The van der Waals surface area contributed by atoms with Crippen LogP contribution in [0.5, 0.6) is 11.5 Å². The topological polar surface area (TPSA) is 114 Å². The Labute approximate surface area is 226 Å². The maximum Gasteiger partial charge on any atom is 0.309 e. The van der Waals surface area contributed by atoms with Crippen molar-refractivity contribution < 1.29 is 37.7 Å². The highest BCUT2D eigenvalue weighted by Gasteiger charge is 2.70. The van der Waals surface area contributed by atoms with Crippen molar-refractivity contribution in [3.05, 3.63) is 23.5 Å². The van der Waals surface area contributed by atoms with Crippen LogP contribution in [0.3, 0.4) is 0 Å². The van der Waals surface area contributed by atoms with Crippen molar-refractivity contribution in [2.75, 3.05) is 7.11 Å². The number of carboxylic acid groups (broad SMARTS) is 1. The number of alkyl halides is 1. The minimum atomic E-state index is -1.11. The van der Waals surface area contributed by atoms with Crippen molar-refractivity contribution in [1.82, 2.24) is 10.6 Å². The molecule has 6 aliphatic rings. The minimum Gasteiger partial charge on any atom is -0.493 e. The molecule has 2 amide bonds. The Balaban J connectivity index is 1.16. The molecule has 4 bridgehead atoms. The number of amides is 2. The molecule has 6 saturated carbocycles. The van der Waals surface area contributed by atoms with Crippen LogP contribution in [-0.2, 0) is 9.59 Å². The van der Waals surface area contributed by atoms with Crippen molar-refractivity contribution in [2.45, 2.75) is 94.5 Å². The minimum absolute atomic E-state index is 0.0144. The second-order valence-corrected chi connectivity index (χ2v) is 13.0. The van der Waals surface area contributed by atoms with Crippen LogP contribution in [0.1, 0.15) is 81.5 Å². The molecular weight excluding hydrogens is 510 g/mol. The summed E-state index contributed by atoms with van der Waals surface area (Å²) in [7, 11) is 1.29. The molecule has 0 aliphatic heterocycles. The average Bonchev–Trinajstić information content (AvgIpc) is 3.45. The van der Waals surface area contributed by atoms with Gasteiger partial charge in [-0.05, 0) is 69.8 Å². The summed E-state index contributed by atoms with van der Waals surface area (Å²) in [6, 6.07) is 2.23. The fraction of sp³-hybridized carbons (Fsp3) is 0.690. The predicted molar refractivity (Wildman–Crippen MR) is 136 cm³/mol. The third kappa shape index (κ3) is 4.43. The summed E-state index contributed by atoms with van der Waals surface area (Å²) in [5.74, 6) is -2.37. The molecule has 4 atom stereocenters. The van der Waals surface area contributed by atoms with Crippen LogP contribution in [0.15, 0.2) is 12.1 Å². The highest BCUT2D eigenvalue weighted by atomic mass is 19.1. The van der Waals surface area contributed by atoms with E-state index in [0.29, 0.717) is 44.9 Å². The molecule has 1 aromatic carbocycles. The first kappa shape index (κ1) is 26.3. The van der Waals surface area contributed by atoms with E-state index in [1.54, 1.807) is 6.92 Å². The lowest BCUT2D eigenvalue weighted by molar-refractivity contribution is -0.177. The zero-order chi connectivity index (χ0) is 27.7. The summed E-state index contributed by atoms with van der Waals surface area (Å²) in [5, 5.41) is 15.6. The first-order valence-corrected chi connectivity index (χ1v) is 14.0. The van der Waals surface area contributed by atoms with Crippen molar-refractivity contribution in [1.29, 1.82) is 0 Å². The van der Waals surface area contributed by atoms with E-state index in [9.17, 15) is 23.9 Å². The molecule has 0 radical (unpaired) electrons. The van der Waals surface area contributed by atoms with Gasteiger partial charge in [-0.25, -0.2) is 8.78 Å². The van der Waals surface area contributed by atoms with E-state index < -0.39 is 46.3 Å². The highest BCUT2D eigenvalue weighted by molar-refractivity contribution is 5.98. The molecule has 7 rings (SSSR count). The van der Waals surface area contributed by atoms with E-state index in [4.69, 9.17) is 9.47 Å². The monoisotopic (exact) mass is 546 g/mol. The summed E-state index contributed by atoms with van der Waals surface area (Å²) in [6.07, 6.45) is 5.36. The lowest BCUT2D eigenvalue weighted by Gasteiger charge is -2.66. The SMILES string of the molecule is COc1c(F)cc(OC2CCC(C)(C(=O)O)CC2)cc1C(=O)NC1C2CCC(C2)C1C(=O)NC12CC(F)(C1)C2. The van der Waals surface area contributed by atoms with E-state index in [2.05, 4.69) is 10.6 Å². The molecule has 0 aromatic heterocycles. The van der Waals surface area contributed by atoms with Crippen LogP contribution in [-0.4, -0.2) is 53.4 Å². The number of benzene rings is 1. The van der Waals surface area contributed by atoms with Gasteiger partial charge in [0.2, 0.25) is 5.91 Å². The van der Waals surface area contributed by atoms with Gasteiger partial charge < -0.3 is 25.2 Å². The third-order valence-electron chi connectivity index (χ3n) is 10.2. The largest absolute Gasteiger partial charge is 0.493 e. The molecule has 1 aromatic rings. The maximum absolute atomic E-state index is 15.0. The fourth-order valence-corrected chi connectivity index (χ4v) is 8.01. The number of fused-ring (bicyclic) bond motifs is 2. The van der Waals surface area contributed by atoms with Crippen LogP contribution < -0.4 is 20.1 Å². The molecule has 0 saturated heterocycles. The molecule has 8 nitrogen and oxygen atoms in total. The van der Waals surface area contributed by atoms with Crippen molar-refractivity contribution in [3.63, 3.8) is 0 Å². The van der Waals surface area contributed by atoms with Gasteiger partial charge in [-0.1, -0.05) is 0 Å². The van der Waals surface area contributed by atoms with E-state index in [-0.39, 0.29) is 40.9 Å². The summed E-state index contributed by atoms with van der Waals surface area (Å²) in [6.45, 7) is 1.72. The van der Waals surface area contributed by atoms with Gasteiger partial charge in [0, 0.05) is 36.9 Å². The van der Waals surface area contributed by atoms with Crippen LogP contribution >= 0.6 is 0 Å². The lowest BCUT2D eigenvalue weighted by Crippen LogP contribution is -2.77. The Morgan fingerprint density at radius 1 is 1.05 bits per heavy atom. The average molecular weight is 547 g/mol. The molecule has 3 N–H and O–H groups in total. The molecule has 0 spiro atoms. The summed E-state index contributed by atoms with van der Waals surface area (Å²) < 4.78 is 40.3. The normalized spacial score (nSPS) is 39.7. The number of hydrogen-bond acceptors (Lipinski definition) is 5. The third-order valence-corrected chi connectivity index (χ3v) is 10.2. The van der Waals surface area contributed by atoms with Gasteiger partial charge in [0.1, 0.15) is 11.4 Å². The lowest BCUT2D eigenvalue weighted by atomic mass is 9.47. The molecule has 6 aliphatic carbocycles. The maximum atomic E-state index is 15.0. The predicted octanol–water partition coefficient (Wildman–Crippen LogP) is 4.15. The zero-order valence-electron chi connectivity index (χ0n) is 22.4. The summed E-state index contributed by atoms with van der Waals surface area (Å²) in [5.41, 5.74) is -2.36. The van der Waals surface area contributed by atoms with Crippen molar-refractivity contribution in [3.8, 4) is 11.5 Å². The van der Waals surface area contributed by atoms with E-state index in [0.717, 1.165) is 19.3 Å². The number of hydrogen-bond donors (Lipinski definition) is 3. The Morgan fingerprint density at radius 2 is 1.72 bits per heavy atom. The number of methoxy groups -OCH3 is 1. The Morgan fingerprint density at radius 3 is 2.33 bits per heavy atom. The fourth-order valence-electron chi connectivity index (χ4n) is 8.01. The summed E-state index contributed by atoms with van der Waals surface area (Å²) >= 11 is 0. The molecule has 10 heteroatoms. The smallest absolute Gasteiger partial charge is 0.309 e. The number of aliphatic carboxylic acids is 1. The number of halogens is 2. The first-order chi connectivity index (χ1) is 18.4. The van der Waals surface area contributed by atoms with E-state index in [1.807, 2.05) is 0 Å². The van der Waals surface area contributed by atoms with Crippen LogP contribution in [0, 0.1) is 29.0 Å². The highest BCUT2D eigenvalue weighted by Crippen LogP contribution is 2.63. The molecule has 4 unspecified atom stereocenters. The van der Waals surface area contributed by atoms with E-state index >= 15 is 4.39 Å². The van der Waals surface area contributed by atoms with Crippen LogP contribution in [0.25, 0.3) is 0 Å². The van der Waals surface area contributed by atoms with Crippen molar-refractivity contribution >= 4 is 17.8 Å². The molecule has 212 valence electrons. The second-order valence-electron chi connectivity index (χ2n) is 13.0. The van der Waals surface area contributed by atoms with Gasteiger partial charge in [0.05, 0.1) is 30.1 Å². The van der Waals surface area contributed by atoms with Gasteiger partial charge in [-0.3, -0.25) is 14.4 Å². The van der Waals surface area contributed by atoms with Crippen LogP contribution in [0.2, 0.25) is 0 Å². The second kappa shape index (κ2) is 9.06. The van der Waals surface area contributed by atoms with Gasteiger partial charge in [0.25, 0.3) is 5.91 Å². The van der Waals surface area contributed by atoms with Crippen molar-refractivity contribution in [2.24, 2.45) is 23.2 Å². The first-order valence-electron chi connectivity index (χ1n) is 14.0. The van der Waals surface area contributed by atoms with Gasteiger partial charge in [-0.2, -0.15) is 0 Å². The number of ether oxygens (including phenoxy) is 2. The van der Waals surface area contributed by atoms with E-state index in [1.165, 1.54) is 19.2 Å². The van der Waals surface area contributed by atoms with Gasteiger partial charge in [-0.15, -0.1) is 0 Å². The quantitative estimate of drug-likeness (QED) is 0.452. The Bertz CT molecular complexity index is 1190. The number of carboxylic acids is 1. The standard InChI is InChI=1S/C29H36F2N2O6/c1-27(26(36)37)7-5-17(6-8-27)39-18-10-19(23(38-2)20(30)11-18)24(34)32-22-16-4-3-15(9-16)21(22)25(35)33-29-12-28(31,13-29)14-29/h10-11,15-17,21-22H,3-9,12-14H2,1-2H3,(H,32,34)(H,33,35)(H,36,37). The zero-order valence-corrected chi connectivity index (χ0v) is 22.4. The molecule has 39 heavy (non-hydrogen) atoms. The Kier molecular flexibility index (Phi) is 6.11. The number of rotatable bonds is 8. The number of nitrogens with one attached hydrogen (secondary N) is 2. The van der Waals surface area contributed by atoms with Gasteiger partial charge in [0.15, 0.2) is 11.6 Å². The molecule has 6 fully saturated rings. The number of carbonyl (C=O) groups is 3. The number of carbonyl (C=O) groups excluding carboxylic acids is 2.